The lowest BCUT2D eigenvalue weighted by atomic mass is 10.4. The van der Waals surface area contributed by atoms with Gasteiger partial charge in [-0.15, -0.1) is 11.3 Å². The third kappa shape index (κ3) is 4.53. The van der Waals surface area contributed by atoms with E-state index in [1.807, 2.05) is 7.05 Å². The van der Waals surface area contributed by atoms with Crippen molar-refractivity contribution in [3.63, 3.8) is 0 Å². The first-order valence-electron chi connectivity index (χ1n) is 6.06. The van der Waals surface area contributed by atoms with Crippen molar-refractivity contribution in [3.8, 4) is 0 Å². The van der Waals surface area contributed by atoms with E-state index < -0.39 is 0 Å². The van der Waals surface area contributed by atoms with Crippen molar-refractivity contribution in [2.75, 3.05) is 52.5 Å². The summed E-state index contributed by atoms with van der Waals surface area (Å²) in [5.74, 6) is 0. The number of rotatable bonds is 9. The number of ether oxygens (including phenoxy) is 2. The molecule has 0 saturated carbocycles. The summed E-state index contributed by atoms with van der Waals surface area (Å²) in [5.41, 5.74) is 1.10. The van der Waals surface area contributed by atoms with Gasteiger partial charge >= 0.3 is 0 Å². The molecule has 0 amide bonds. The molecule has 1 rings (SSSR count). The summed E-state index contributed by atoms with van der Waals surface area (Å²) in [6.07, 6.45) is 0. The molecule has 0 aromatic carbocycles. The van der Waals surface area contributed by atoms with Gasteiger partial charge in [-0.2, -0.15) is 0 Å². The summed E-state index contributed by atoms with van der Waals surface area (Å²) < 4.78 is 10.3. The number of nitrogens with one attached hydrogen (secondary N) is 1. The fourth-order valence-corrected chi connectivity index (χ4v) is 2.70. The van der Waals surface area contributed by atoms with Crippen LogP contribution in [-0.4, -0.2) is 52.6 Å². The number of anilines is 1. The fourth-order valence-electron chi connectivity index (χ4n) is 1.58. The highest BCUT2D eigenvalue weighted by Gasteiger charge is 2.13. The van der Waals surface area contributed by atoms with Crippen molar-refractivity contribution < 1.29 is 9.47 Å². The van der Waals surface area contributed by atoms with Gasteiger partial charge in [0.25, 0.3) is 0 Å². The summed E-state index contributed by atoms with van der Waals surface area (Å²) in [4.78, 5) is 8.13. The predicted molar refractivity (Wildman–Crippen MR) is 75.6 cm³/mol. The smallest absolute Gasteiger partial charge is 0.185 e. The molecule has 0 atom stereocenters. The molecule has 0 saturated heterocycles. The van der Waals surface area contributed by atoms with Gasteiger partial charge in [-0.05, 0) is 14.0 Å². The first-order valence-corrected chi connectivity index (χ1v) is 6.88. The van der Waals surface area contributed by atoms with E-state index in [1.54, 1.807) is 25.6 Å². The molecule has 1 aromatic rings. The lowest BCUT2D eigenvalue weighted by Gasteiger charge is -2.20. The van der Waals surface area contributed by atoms with Crippen LogP contribution in [-0.2, 0) is 16.0 Å². The van der Waals surface area contributed by atoms with Gasteiger partial charge in [0.05, 0.1) is 18.9 Å². The van der Waals surface area contributed by atoms with Crippen LogP contribution in [0.4, 0.5) is 5.13 Å². The molecular formula is C12H23N3O2S. The number of nitrogens with zero attached hydrogens (tertiary/aromatic N) is 2. The molecule has 1 aromatic heterocycles. The van der Waals surface area contributed by atoms with Gasteiger partial charge in [-0.1, -0.05) is 0 Å². The van der Waals surface area contributed by atoms with Crippen LogP contribution in [0.25, 0.3) is 0 Å². The topological polar surface area (TPSA) is 46.6 Å². The normalized spacial score (nSPS) is 10.9. The van der Waals surface area contributed by atoms with E-state index in [-0.39, 0.29) is 0 Å². The average Bonchev–Trinajstić information content (AvgIpc) is 2.72. The Kier molecular flexibility index (Phi) is 7.19. The monoisotopic (exact) mass is 273 g/mol. The highest BCUT2D eigenvalue weighted by molar-refractivity contribution is 7.15. The van der Waals surface area contributed by atoms with Crippen molar-refractivity contribution in [2.24, 2.45) is 0 Å². The molecule has 0 aliphatic carbocycles. The average molecular weight is 273 g/mol. The number of aryl methyl sites for hydroxylation is 1. The molecule has 0 radical (unpaired) electrons. The van der Waals surface area contributed by atoms with E-state index >= 15 is 0 Å². The second-order valence-electron chi connectivity index (χ2n) is 4.01. The maximum Gasteiger partial charge on any atom is 0.185 e. The summed E-state index contributed by atoms with van der Waals surface area (Å²) in [7, 11) is 5.38. The number of thiazole rings is 1. The summed E-state index contributed by atoms with van der Waals surface area (Å²) in [6.45, 7) is 5.99. The zero-order chi connectivity index (χ0) is 13.4. The minimum absolute atomic E-state index is 0.698. The number of aromatic nitrogens is 1. The molecule has 1 N–H and O–H groups in total. The Morgan fingerprint density at radius 3 is 2.33 bits per heavy atom. The lowest BCUT2D eigenvalue weighted by molar-refractivity contribution is 0.190. The first kappa shape index (κ1) is 15.4. The van der Waals surface area contributed by atoms with Crippen LogP contribution in [0.1, 0.15) is 10.6 Å². The Morgan fingerprint density at radius 1 is 1.22 bits per heavy atom. The fraction of sp³-hybridized carbons (Fsp3) is 0.750. The molecule has 1 heterocycles. The van der Waals surface area contributed by atoms with Crippen molar-refractivity contribution in [2.45, 2.75) is 13.5 Å². The van der Waals surface area contributed by atoms with Crippen LogP contribution >= 0.6 is 11.3 Å². The second kappa shape index (κ2) is 8.42. The quantitative estimate of drug-likeness (QED) is 0.734. The largest absolute Gasteiger partial charge is 0.383 e. The third-order valence-electron chi connectivity index (χ3n) is 2.62. The number of hydrogen-bond donors (Lipinski definition) is 1. The Bertz CT molecular complexity index is 336. The highest BCUT2D eigenvalue weighted by Crippen LogP contribution is 2.25. The Labute approximate surface area is 113 Å². The van der Waals surface area contributed by atoms with Crippen LogP contribution in [0, 0.1) is 6.92 Å². The zero-order valence-corrected chi connectivity index (χ0v) is 12.5. The molecule has 0 aliphatic heterocycles. The molecule has 0 unspecified atom stereocenters. The predicted octanol–water partition coefficient (Wildman–Crippen LogP) is 1.27. The third-order valence-corrected chi connectivity index (χ3v) is 3.84. The van der Waals surface area contributed by atoms with Gasteiger partial charge < -0.3 is 19.7 Å². The van der Waals surface area contributed by atoms with E-state index in [4.69, 9.17) is 9.47 Å². The summed E-state index contributed by atoms with van der Waals surface area (Å²) >= 11 is 1.73. The van der Waals surface area contributed by atoms with E-state index in [0.29, 0.717) is 13.2 Å². The molecule has 0 spiro atoms. The van der Waals surface area contributed by atoms with Gasteiger partial charge in [0.15, 0.2) is 5.13 Å². The summed E-state index contributed by atoms with van der Waals surface area (Å²) in [5, 5.41) is 4.21. The molecule has 0 aliphatic rings. The SMILES string of the molecule is CNCc1sc(N(CCOC)CCOC)nc1C. The van der Waals surface area contributed by atoms with Gasteiger partial charge in [-0.3, -0.25) is 0 Å². The molecule has 0 fully saturated rings. The Morgan fingerprint density at radius 2 is 1.83 bits per heavy atom. The molecule has 0 bridgehead atoms. The number of methoxy groups -OCH3 is 2. The van der Waals surface area contributed by atoms with Crippen molar-refractivity contribution in [1.29, 1.82) is 0 Å². The van der Waals surface area contributed by atoms with Crippen LogP contribution in [0.2, 0.25) is 0 Å². The van der Waals surface area contributed by atoms with Crippen LogP contribution in [0.5, 0.6) is 0 Å². The van der Waals surface area contributed by atoms with Crippen molar-refractivity contribution in [3.05, 3.63) is 10.6 Å². The molecule has 6 heteroatoms. The van der Waals surface area contributed by atoms with E-state index in [0.717, 1.165) is 30.5 Å². The zero-order valence-electron chi connectivity index (χ0n) is 11.7. The maximum absolute atomic E-state index is 5.14. The lowest BCUT2D eigenvalue weighted by Crippen LogP contribution is -2.30. The van der Waals surface area contributed by atoms with Gasteiger partial charge in [0.2, 0.25) is 0 Å². The van der Waals surface area contributed by atoms with E-state index in [1.165, 1.54) is 4.88 Å². The minimum atomic E-state index is 0.698. The molecular weight excluding hydrogens is 250 g/mol. The van der Waals surface area contributed by atoms with Crippen molar-refractivity contribution >= 4 is 16.5 Å². The molecule has 104 valence electrons. The second-order valence-corrected chi connectivity index (χ2v) is 5.07. The first-order chi connectivity index (χ1) is 8.72. The van der Waals surface area contributed by atoms with E-state index in [2.05, 4.69) is 22.1 Å². The molecule has 5 nitrogen and oxygen atoms in total. The maximum atomic E-state index is 5.14. The van der Waals surface area contributed by atoms with Crippen LogP contribution in [0.3, 0.4) is 0 Å². The van der Waals surface area contributed by atoms with E-state index in [9.17, 15) is 0 Å². The van der Waals surface area contributed by atoms with Gasteiger partial charge in [0, 0.05) is 38.7 Å². The minimum Gasteiger partial charge on any atom is -0.383 e. The van der Waals surface area contributed by atoms with Crippen LogP contribution in [0.15, 0.2) is 0 Å². The van der Waals surface area contributed by atoms with Crippen molar-refractivity contribution in [1.82, 2.24) is 10.3 Å². The molecule has 18 heavy (non-hydrogen) atoms. The van der Waals surface area contributed by atoms with Crippen LogP contribution < -0.4 is 10.2 Å². The van der Waals surface area contributed by atoms with Gasteiger partial charge in [-0.25, -0.2) is 4.98 Å². The summed E-state index contributed by atoms with van der Waals surface area (Å²) in [6, 6.07) is 0. The standard InChI is InChI=1S/C12H23N3O2S/c1-10-11(9-13-2)18-12(14-10)15(5-7-16-3)6-8-17-4/h13H,5-9H2,1-4H3. The highest BCUT2D eigenvalue weighted by atomic mass is 32.1. The Hall–Kier alpha value is -0.690. The van der Waals surface area contributed by atoms with Gasteiger partial charge in [0.1, 0.15) is 0 Å². The number of hydrogen-bond acceptors (Lipinski definition) is 6. The Balaban J connectivity index is 2.72.